The zero-order valence-electron chi connectivity index (χ0n) is 21.9. The smallest absolute Gasteiger partial charge is 0.272 e. The molecule has 194 valence electrons. The quantitative estimate of drug-likeness (QED) is 0.492. The molecule has 0 radical (unpaired) electrons. The normalized spacial score (nSPS) is 16.9. The van der Waals surface area contributed by atoms with Crippen LogP contribution in [0.15, 0.2) is 54.6 Å². The largest absolute Gasteiger partial charge is 0.491 e. The van der Waals surface area contributed by atoms with Gasteiger partial charge < -0.3 is 20.3 Å². The van der Waals surface area contributed by atoms with Crippen molar-refractivity contribution < 1.29 is 19.1 Å². The minimum atomic E-state index is -1.16. The summed E-state index contributed by atoms with van der Waals surface area (Å²) in [4.78, 5) is 40.5. The second-order valence-electron chi connectivity index (χ2n) is 9.87. The second kappa shape index (κ2) is 10.5. The molecule has 1 aromatic heterocycles. The molecule has 0 fully saturated rings. The van der Waals surface area contributed by atoms with Crippen molar-refractivity contribution in [2.75, 3.05) is 7.05 Å². The lowest BCUT2D eigenvalue weighted by Crippen LogP contribution is -2.62. The summed E-state index contributed by atoms with van der Waals surface area (Å²) in [6.45, 7) is 8.41. The number of hydrogen-bond acceptors (Lipinski definition) is 5. The molecule has 37 heavy (non-hydrogen) atoms. The van der Waals surface area contributed by atoms with Gasteiger partial charge in [0, 0.05) is 26.2 Å². The van der Waals surface area contributed by atoms with Gasteiger partial charge in [0.15, 0.2) is 5.69 Å². The number of benzene rings is 2. The predicted octanol–water partition coefficient (Wildman–Crippen LogP) is 3.07. The highest BCUT2D eigenvalue weighted by atomic mass is 16.5. The number of nitrogens with zero attached hydrogens (tertiary/aromatic N) is 3. The van der Waals surface area contributed by atoms with Crippen LogP contribution in [-0.2, 0) is 24.4 Å². The molecule has 2 heterocycles. The van der Waals surface area contributed by atoms with Crippen LogP contribution in [0, 0.1) is 6.92 Å². The number of amides is 3. The zero-order chi connectivity index (χ0) is 26.7. The monoisotopic (exact) mass is 503 g/mol. The summed E-state index contributed by atoms with van der Waals surface area (Å²) < 4.78 is 7.09. The van der Waals surface area contributed by atoms with Gasteiger partial charge in [-0.2, -0.15) is 5.10 Å². The molecule has 1 aliphatic rings. The van der Waals surface area contributed by atoms with E-state index >= 15 is 0 Å². The van der Waals surface area contributed by atoms with E-state index in [0.717, 1.165) is 22.4 Å². The Labute approximate surface area is 216 Å². The van der Waals surface area contributed by atoms with E-state index in [4.69, 9.17) is 4.74 Å². The van der Waals surface area contributed by atoms with Crippen LogP contribution in [0.3, 0.4) is 0 Å². The van der Waals surface area contributed by atoms with E-state index in [1.54, 1.807) is 14.0 Å². The highest BCUT2D eigenvalue weighted by molar-refractivity contribution is 6.01. The summed E-state index contributed by atoms with van der Waals surface area (Å²) >= 11 is 0. The molecule has 0 aliphatic carbocycles. The third-order valence-corrected chi connectivity index (χ3v) is 6.55. The van der Waals surface area contributed by atoms with Crippen LogP contribution in [0.2, 0.25) is 0 Å². The van der Waals surface area contributed by atoms with E-state index in [-0.39, 0.29) is 35.9 Å². The molecule has 3 aromatic rings. The van der Waals surface area contributed by atoms with Crippen molar-refractivity contribution in [3.8, 4) is 5.75 Å². The number of nitrogens with one attached hydrogen (secondary N) is 2. The van der Waals surface area contributed by atoms with Gasteiger partial charge in [0.25, 0.3) is 11.8 Å². The van der Waals surface area contributed by atoms with Crippen molar-refractivity contribution >= 4 is 17.7 Å². The van der Waals surface area contributed by atoms with E-state index in [0.29, 0.717) is 13.1 Å². The number of rotatable bonds is 8. The Bertz CT molecular complexity index is 1300. The minimum absolute atomic E-state index is 0.0837. The fourth-order valence-electron chi connectivity index (χ4n) is 4.15. The lowest BCUT2D eigenvalue weighted by atomic mass is 9.95. The Kier molecular flexibility index (Phi) is 7.33. The van der Waals surface area contributed by atoms with Gasteiger partial charge in [-0.3, -0.25) is 19.1 Å². The summed E-state index contributed by atoms with van der Waals surface area (Å²) in [5.74, 6) is -0.293. The maximum absolute atomic E-state index is 13.2. The first-order chi connectivity index (χ1) is 17.6. The lowest BCUT2D eigenvalue weighted by Gasteiger charge is -2.40. The fraction of sp³-hybridized carbons (Fsp3) is 0.357. The average Bonchev–Trinajstić information content (AvgIpc) is 3.30. The Morgan fingerprint density at radius 3 is 2.24 bits per heavy atom. The van der Waals surface area contributed by atoms with Crippen LogP contribution in [0.5, 0.6) is 5.75 Å². The third kappa shape index (κ3) is 5.66. The van der Waals surface area contributed by atoms with Gasteiger partial charge in [-0.25, -0.2) is 0 Å². The Morgan fingerprint density at radius 2 is 1.62 bits per heavy atom. The van der Waals surface area contributed by atoms with Gasteiger partial charge in [0.05, 0.1) is 12.6 Å². The summed E-state index contributed by atoms with van der Waals surface area (Å²) in [6.07, 6.45) is 0.0837. The molecule has 0 saturated carbocycles. The van der Waals surface area contributed by atoms with Crippen LogP contribution in [-0.4, -0.2) is 51.1 Å². The second-order valence-corrected chi connectivity index (χ2v) is 9.87. The number of carbonyl (C=O) groups is 3. The number of hydrogen-bond donors (Lipinski definition) is 2. The van der Waals surface area contributed by atoms with E-state index in [1.165, 1.54) is 15.6 Å². The molecular weight excluding hydrogens is 470 g/mol. The van der Waals surface area contributed by atoms with E-state index in [9.17, 15) is 14.4 Å². The van der Waals surface area contributed by atoms with Crippen LogP contribution < -0.4 is 15.4 Å². The maximum Gasteiger partial charge on any atom is 0.272 e. The number of fused-ring (bicyclic) bond motifs is 1. The molecule has 1 unspecified atom stereocenters. The van der Waals surface area contributed by atoms with E-state index in [2.05, 4.69) is 15.7 Å². The van der Waals surface area contributed by atoms with Crippen LogP contribution in [0.1, 0.15) is 58.4 Å². The molecular formula is C28H33N5O4. The zero-order valence-corrected chi connectivity index (χ0v) is 21.9. The van der Waals surface area contributed by atoms with Crippen molar-refractivity contribution in [1.82, 2.24) is 25.3 Å². The van der Waals surface area contributed by atoms with Gasteiger partial charge in [0.2, 0.25) is 5.91 Å². The van der Waals surface area contributed by atoms with Crippen molar-refractivity contribution in [3.05, 3.63) is 82.7 Å². The van der Waals surface area contributed by atoms with Gasteiger partial charge >= 0.3 is 0 Å². The molecule has 9 heteroatoms. The number of aromatic nitrogens is 2. The molecule has 2 aromatic carbocycles. The van der Waals surface area contributed by atoms with Crippen LogP contribution >= 0.6 is 0 Å². The first-order valence-corrected chi connectivity index (χ1v) is 12.3. The van der Waals surface area contributed by atoms with Gasteiger partial charge in [-0.15, -0.1) is 0 Å². The molecule has 0 saturated heterocycles. The standard InChI is InChI=1S/C28H33N5O4/c1-18(2)37-22-12-10-21(11-13-22)15-29-25(34)23-14-24-26(35)32(5)28(4,17-33(24)31-23)27(36)30-16-20-8-6-19(3)7-9-20/h6-14,18H,15-17H2,1-5H3,(H,29,34)(H,30,36). The topological polar surface area (TPSA) is 106 Å². The summed E-state index contributed by atoms with van der Waals surface area (Å²) in [5, 5.41) is 10.1. The van der Waals surface area contributed by atoms with Crippen molar-refractivity contribution in [2.24, 2.45) is 0 Å². The Hall–Kier alpha value is -4.14. The maximum atomic E-state index is 13.2. The first kappa shape index (κ1) is 25.9. The minimum Gasteiger partial charge on any atom is -0.491 e. The molecule has 2 N–H and O–H groups in total. The van der Waals surface area contributed by atoms with Gasteiger partial charge in [0.1, 0.15) is 17.0 Å². The Morgan fingerprint density at radius 1 is 1.03 bits per heavy atom. The number of carbonyl (C=O) groups excluding carboxylic acids is 3. The molecule has 3 amide bonds. The van der Waals surface area contributed by atoms with Crippen LogP contribution in [0.25, 0.3) is 0 Å². The summed E-state index contributed by atoms with van der Waals surface area (Å²) in [7, 11) is 1.59. The molecule has 9 nitrogen and oxygen atoms in total. The van der Waals surface area contributed by atoms with Crippen molar-refractivity contribution in [1.29, 1.82) is 0 Å². The number of likely N-dealkylation sites (N-methyl/N-ethyl adjacent to an activating group) is 1. The average molecular weight is 504 g/mol. The fourth-order valence-corrected chi connectivity index (χ4v) is 4.15. The van der Waals surface area contributed by atoms with Crippen LogP contribution in [0.4, 0.5) is 0 Å². The molecule has 1 aliphatic heterocycles. The van der Waals surface area contributed by atoms with Crippen molar-refractivity contribution in [2.45, 2.75) is 59.0 Å². The summed E-state index contributed by atoms with van der Waals surface area (Å²) in [6, 6.07) is 16.8. The molecule has 4 rings (SSSR count). The lowest BCUT2D eigenvalue weighted by molar-refractivity contribution is -0.132. The highest BCUT2D eigenvalue weighted by Gasteiger charge is 2.46. The number of ether oxygens (including phenoxy) is 1. The Balaban J connectivity index is 1.41. The molecule has 1 atom stereocenters. The van der Waals surface area contributed by atoms with E-state index in [1.807, 2.05) is 69.3 Å². The molecule has 0 spiro atoms. The van der Waals surface area contributed by atoms with Gasteiger partial charge in [-0.1, -0.05) is 42.0 Å². The van der Waals surface area contributed by atoms with Gasteiger partial charge in [-0.05, 0) is 51.0 Å². The molecule has 0 bridgehead atoms. The highest BCUT2D eigenvalue weighted by Crippen LogP contribution is 2.26. The SMILES string of the molecule is Cc1ccc(CNC(=O)C2(C)Cn3nc(C(=O)NCc4ccc(OC(C)C)cc4)cc3C(=O)N2C)cc1. The number of aryl methyl sites for hydroxylation is 1. The first-order valence-electron chi connectivity index (χ1n) is 12.3. The van der Waals surface area contributed by atoms with Crippen molar-refractivity contribution in [3.63, 3.8) is 0 Å². The predicted molar refractivity (Wildman–Crippen MR) is 139 cm³/mol. The third-order valence-electron chi connectivity index (χ3n) is 6.55. The summed E-state index contributed by atoms with van der Waals surface area (Å²) in [5.41, 5.74) is 2.25. The van der Waals surface area contributed by atoms with E-state index < -0.39 is 11.4 Å².